The molecule has 3 aromatic rings. The van der Waals surface area contributed by atoms with Crippen LogP contribution < -0.4 is 10.0 Å². The average molecular weight is 400 g/mol. The number of amides is 1. The van der Waals surface area contributed by atoms with Gasteiger partial charge in [0.1, 0.15) is 11.9 Å². The molecule has 3 rings (SSSR count). The van der Waals surface area contributed by atoms with Crippen molar-refractivity contribution in [1.82, 2.24) is 10.0 Å². The second-order valence-corrected chi connectivity index (χ2v) is 7.85. The third-order valence-electron chi connectivity index (χ3n) is 4.04. The number of furan rings is 1. The van der Waals surface area contributed by atoms with Crippen LogP contribution in [0.1, 0.15) is 27.8 Å². The molecular formula is C20H20N2O5S. The second-order valence-electron chi connectivity index (χ2n) is 6.08. The molecule has 0 bridgehead atoms. The SMILES string of the molecule is O=C(NCC(O)c1ccco1)c1cccc(S(=O)(=O)NCc2ccccc2)c1. The van der Waals surface area contributed by atoms with Crippen molar-refractivity contribution in [2.75, 3.05) is 6.54 Å². The van der Waals surface area contributed by atoms with Crippen molar-refractivity contribution < 1.29 is 22.7 Å². The van der Waals surface area contributed by atoms with Crippen LogP contribution in [0, 0.1) is 0 Å². The molecule has 8 heteroatoms. The number of aliphatic hydroxyl groups excluding tert-OH is 1. The number of benzene rings is 2. The number of hydrogen-bond acceptors (Lipinski definition) is 5. The zero-order valence-corrected chi connectivity index (χ0v) is 15.7. The number of carbonyl (C=O) groups excluding carboxylic acids is 1. The first-order valence-electron chi connectivity index (χ1n) is 8.59. The van der Waals surface area contributed by atoms with Gasteiger partial charge in [0.2, 0.25) is 10.0 Å². The third-order valence-corrected chi connectivity index (χ3v) is 5.44. The van der Waals surface area contributed by atoms with Gasteiger partial charge in [-0.05, 0) is 35.9 Å². The maximum absolute atomic E-state index is 12.5. The summed E-state index contributed by atoms with van der Waals surface area (Å²) in [6.07, 6.45) is 0.440. The number of sulfonamides is 1. The largest absolute Gasteiger partial charge is 0.467 e. The van der Waals surface area contributed by atoms with Crippen molar-refractivity contribution >= 4 is 15.9 Å². The van der Waals surface area contributed by atoms with Gasteiger partial charge in [-0.3, -0.25) is 4.79 Å². The van der Waals surface area contributed by atoms with E-state index < -0.39 is 22.0 Å². The van der Waals surface area contributed by atoms with Crippen molar-refractivity contribution in [2.24, 2.45) is 0 Å². The van der Waals surface area contributed by atoms with E-state index >= 15 is 0 Å². The van der Waals surface area contributed by atoms with Crippen molar-refractivity contribution in [1.29, 1.82) is 0 Å². The van der Waals surface area contributed by atoms with Crippen LogP contribution in [0.2, 0.25) is 0 Å². The van der Waals surface area contributed by atoms with E-state index in [1.807, 2.05) is 30.3 Å². The van der Waals surface area contributed by atoms with Crippen LogP contribution in [0.4, 0.5) is 0 Å². The molecule has 146 valence electrons. The van der Waals surface area contributed by atoms with Gasteiger partial charge in [0.25, 0.3) is 5.91 Å². The van der Waals surface area contributed by atoms with E-state index in [2.05, 4.69) is 10.0 Å². The summed E-state index contributed by atoms with van der Waals surface area (Å²) in [7, 11) is -3.78. The van der Waals surface area contributed by atoms with Crippen molar-refractivity contribution in [3.05, 3.63) is 89.9 Å². The molecule has 3 N–H and O–H groups in total. The molecule has 0 radical (unpaired) electrons. The highest BCUT2D eigenvalue weighted by molar-refractivity contribution is 7.89. The van der Waals surface area contributed by atoms with Crippen LogP contribution >= 0.6 is 0 Å². The summed E-state index contributed by atoms with van der Waals surface area (Å²) in [6.45, 7) is 0.0878. The topological polar surface area (TPSA) is 109 Å². The smallest absolute Gasteiger partial charge is 0.251 e. The van der Waals surface area contributed by atoms with E-state index in [0.29, 0.717) is 5.76 Å². The molecule has 1 atom stereocenters. The number of hydrogen-bond donors (Lipinski definition) is 3. The van der Waals surface area contributed by atoms with Crippen LogP contribution in [-0.2, 0) is 16.6 Å². The van der Waals surface area contributed by atoms with Gasteiger partial charge in [0, 0.05) is 12.1 Å². The van der Waals surface area contributed by atoms with E-state index in [4.69, 9.17) is 4.42 Å². The Morgan fingerprint density at radius 2 is 1.82 bits per heavy atom. The zero-order valence-electron chi connectivity index (χ0n) is 14.9. The molecule has 1 unspecified atom stereocenters. The van der Waals surface area contributed by atoms with Gasteiger partial charge in [0.05, 0.1) is 17.7 Å². The van der Waals surface area contributed by atoms with Gasteiger partial charge in [-0.1, -0.05) is 36.4 Å². The molecule has 0 aliphatic rings. The summed E-state index contributed by atoms with van der Waals surface area (Å²) < 4.78 is 32.6. The fraction of sp³-hybridized carbons (Fsp3) is 0.150. The van der Waals surface area contributed by atoms with Crippen LogP contribution in [0.15, 0.2) is 82.3 Å². The first kappa shape index (κ1) is 19.8. The van der Waals surface area contributed by atoms with Gasteiger partial charge in [-0.2, -0.15) is 0 Å². The summed E-state index contributed by atoms with van der Waals surface area (Å²) >= 11 is 0. The molecule has 2 aromatic carbocycles. The number of aliphatic hydroxyl groups is 1. The molecular weight excluding hydrogens is 380 g/mol. The second kappa shape index (κ2) is 8.83. The fourth-order valence-corrected chi connectivity index (χ4v) is 3.60. The Morgan fingerprint density at radius 3 is 2.54 bits per heavy atom. The van der Waals surface area contributed by atoms with Gasteiger partial charge in [-0.25, -0.2) is 13.1 Å². The van der Waals surface area contributed by atoms with Crippen LogP contribution in [0.3, 0.4) is 0 Å². The van der Waals surface area contributed by atoms with E-state index in [1.54, 1.807) is 12.1 Å². The van der Waals surface area contributed by atoms with Gasteiger partial charge in [-0.15, -0.1) is 0 Å². The molecule has 0 aliphatic carbocycles. The molecule has 1 heterocycles. The summed E-state index contributed by atoms with van der Waals surface area (Å²) in [6, 6.07) is 18.1. The lowest BCUT2D eigenvalue weighted by Crippen LogP contribution is -2.29. The molecule has 0 spiro atoms. The van der Waals surface area contributed by atoms with Crippen LogP contribution in [0.25, 0.3) is 0 Å². The highest BCUT2D eigenvalue weighted by atomic mass is 32.2. The minimum atomic E-state index is -3.78. The molecule has 1 aromatic heterocycles. The lowest BCUT2D eigenvalue weighted by molar-refractivity contribution is 0.0901. The first-order chi connectivity index (χ1) is 13.5. The summed E-state index contributed by atoms with van der Waals surface area (Å²) in [5.41, 5.74) is 1.00. The number of rotatable bonds is 8. The van der Waals surface area contributed by atoms with Crippen molar-refractivity contribution in [2.45, 2.75) is 17.5 Å². The van der Waals surface area contributed by atoms with Gasteiger partial charge < -0.3 is 14.8 Å². The van der Waals surface area contributed by atoms with Gasteiger partial charge >= 0.3 is 0 Å². The zero-order chi connectivity index (χ0) is 20.0. The Hall–Kier alpha value is -2.94. The monoisotopic (exact) mass is 400 g/mol. The van der Waals surface area contributed by atoms with Crippen molar-refractivity contribution in [3.8, 4) is 0 Å². The standard InChI is InChI=1S/C20H20N2O5S/c23-18(19-10-5-11-27-19)14-21-20(24)16-8-4-9-17(12-16)28(25,26)22-13-15-6-2-1-3-7-15/h1-12,18,22-23H,13-14H2,(H,21,24). The molecule has 0 aliphatic heterocycles. The molecule has 0 saturated heterocycles. The highest BCUT2D eigenvalue weighted by Gasteiger charge is 2.17. The Labute approximate surface area is 163 Å². The minimum Gasteiger partial charge on any atom is -0.467 e. The van der Waals surface area contributed by atoms with Gasteiger partial charge in [0.15, 0.2) is 0 Å². The molecule has 1 amide bonds. The Balaban J connectivity index is 1.64. The molecule has 28 heavy (non-hydrogen) atoms. The van der Waals surface area contributed by atoms with E-state index in [9.17, 15) is 18.3 Å². The Morgan fingerprint density at radius 1 is 1.04 bits per heavy atom. The van der Waals surface area contributed by atoms with Crippen molar-refractivity contribution in [3.63, 3.8) is 0 Å². The lowest BCUT2D eigenvalue weighted by Gasteiger charge is -2.11. The third kappa shape index (κ3) is 5.07. The maximum Gasteiger partial charge on any atom is 0.251 e. The van der Waals surface area contributed by atoms with Crippen LogP contribution in [-0.4, -0.2) is 26.0 Å². The Bertz CT molecular complexity index is 1020. The summed E-state index contributed by atoms with van der Waals surface area (Å²) in [5, 5.41) is 12.5. The maximum atomic E-state index is 12.5. The number of nitrogens with one attached hydrogen (secondary N) is 2. The summed E-state index contributed by atoms with van der Waals surface area (Å²) in [4.78, 5) is 12.3. The minimum absolute atomic E-state index is 0.0114. The van der Waals surface area contributed by atoms with Crippen LogP contribution in [0.5, 0.6) is 0 Å². The predicted octanol–water partition coefficient (Wildman–Crippen LogP) is 2.22. The van der Waals surface area contributed by atoms with E-state index in [-0.39, 0.29) is 23.5 Å². The highest BCUT2D eigenvalue weighted by Crippen LogP contribution is 2.14. The molecule has 0 fully saturated rings. The quantitative estimate of drug-likeness (QED) is 0.537. The van der Waals surface area contributed by atoms with E-state index in [1.165, 1.54) is 30.5 Å². The van der Waals surface area contributed by atoms with E-state index in [0.717, 1.165) is 5.56 Å². The Kier molecular flexibility index (Phi) is 6.25. The predicted molar refractivity (Wildman–Crippen MR) is 103 cm³/mol. The fourth-order valence-electron chi connectivity index (χ4n) is 2.53. The first-order valence-corrected chi connectivity index (χ1v) is 10.1. The molecule has 0 saturated carbocycles. The molecule has 7 nitrogen and oxygen atoms in total. The number of carbonyl (C=O) groups is 1. The average Bonchev–Trinajstić information content (AvgIpc) is 3.26. The summed E-state index contributed by atoms with van der Waals surface area (Å²) in [5.74, 6) is -0.160. The normalized spacial score (nSPS) is 12.5. The lowest BCUT2D eigenvalue weighted by atomic mass is 10.2.